The molecule has 28 heavy (non-hydrogen) atoms. The van der Waals surface area contributed by atoms with Crippen LogP contribution < -0.4 is 4.90 Å². The molecule has 0 spiro atoms. The van der Waals surface area contributed by atoms with E-state index in [1.807, 2.05) is 0 Å². The van der Waals surface area contributed by atoms with Crippen LogP contribution in [0.4, 0.5) is 0 Å². The molecule has 0 aliphatic carbocycles. The molecule has 1 fully saturated rings. The normalized spacial score (nSPS) is 20.8. The number of furan rings is 1. The van der Waals surface area contributed by atoms with Gasteiger partial charge in [0.2, 0.25) is 5.78 Å². The molecule has 1 amide bonds. The molecular formula is C20H22N3O5+. The molecular weight excluding hydrogens is 362 g/mol. The number of pyridine rings is 1. The van der Waals surface area contributed by atoms with Gasteiger partial charge in [0.15, 0.2) is 11.5 Å². The zero-order valence-electron chi connectivity index (χ0n) is 15.3. The molecule has 0 aromatic carbocycles. The molecule has 2 N–H and O–H groups in total. The predicted molar refractivity (Wildman–Crippen MR) is 97.8 cm³/mol. The second-order valence-electron chi connectivity index (χ2n) is 6.87. The van der Waals surface area contributed by atoms with Crippen LogP contribution in [0.25, 0.3) is 0 Å². The molecule has 0 bridgehead atoms. The summed E-state index contributed by atoms with van der Waals surface area (Å²) < 4.78 is 10.6. The lowest BCUT2D eigenvalue weighted by atomic mass is 9.96. The minimum Gasteiger partial charge on any atom is -0.503 e. The molecule has 146 valence electrons. The van der Waals surface area contributed by atoms with Crippen LogP contribution in [0.3, 0.4) is 0 Å². The van der Waals surface area contributed by atoms with Crippen molar-refractivity contribution in [1.29, 1.82) is 0 Å². The van der Waals surface area contributed by atoms with E-state index in [1.165, 1.54) is 17.2 Å². The lowest BCUT2D eigenvalue weighted by molar-refractivity contribution is -0.907. The predicted octanol–water partition coefficient (Wildman–Crippen LogP) is 0.168. The Morgan fingerprint density at radius 1 is 1.29 bits per heavy atom. The number of aliphatic hydroxyl groups excluding tert-OH is 1. The maximum Gasteiger partial charge on any atom is 0.290 e. The molecule has 0 saturated carbocycles. The fraction of sp³-hybridized carbons (Fsp3) is 0.350. The first kappa shape index (κ1) is 18.4. The largest absolute Gasteiger partial charge is 0.503 e. The quantitative estimate of drug-likeness (QED) is 0.689. The van der Waals surface area contributed by atoms with Gasteiger partial charge in [0, 0.05) is 12.4 Å². The van der Waals surface area contributed by atoms with Crippen LogP contribution in [0.2, 0.25) is 0 Å². The average molecular weight is 384 g/mol. The molecule has 4 rings (SSSR count). The van der Waals surface area contributed by atoms with Crippen molar-refractivity contribution in [3.8, 4) is 0 Å². The second-order valence-corrected chi connectivity index (χ2v) is 6.87. The number of Topliss-reactive ketones (excluding diaryl/α,β-unsaturated/α-hetero) is 1. The van der Waals surface area contributed by atoms with Crippen molar-refractivity contribution in [2.24, 2.45) is 0 Å². The zero-order valence-corrected chi connectivity index (χ0v) is 15.3. The Morgan fingerprint density at radius 3 is 2.79 bits per heavy atom. The highest BCUT2D eigenvalue weighted by molar-refractivity contribution is 6.14. The summed E-state index contributed by atoms with van der Waals surface area (Å²) in [4.78, 5) is 32.8. The van der Waals surface area contributed by atoms with E-state index in [0.29, 0.717) is 31.9 Å². The van der Waals surface area contributed by atoms with E-state index in [2.05, 4.69) is 4.98 Å². The van der Waals surface area contributed by atoms with Gasteiger partial charge in [-0.15, -0.1) is 0 Å². The Kier molecular flexibility index (Phi) is 5.23. The van der Waals surface area contributed by atoms with Crippen LogP contribution in [0.5, 0.6) is 0 Å². The number of quaternary nitrogens is 1. The van der Waals surface area contributed by atoms with Gasteiger partial charge in [-0.05, 0) is 23.8 Å². The number of nitrogens with one attached hydrogen (secondary N) is 1. The van der Waals surface area contributed by atoms with E-state index in [1.54, 1.807) is 35.5 Å². The highest BCUT2D eigenvalue weighted by atomic mass is 16.5. The summed E-state index contributed by atoms with van der Waals surface area (Å²) in [6.07, 6.45) is 4.63. The molecule has 2 aliphatic rings. The fourth-order valence-corrected chi connectivity index (χ4v) is 3.73. The maximum atomic E-state index is 13.0. The van der Waals surface area contributed by atoms with Gasteiger partial charge in [-0.1, -0.05) is 6.07 Å². The molecule has 1 atom stereocenters. The average Bonchev–Trinajstić information content (AvgIpc) is 3.36. The van der Waals surface area contributed by atoms with E-state index in [4.69, 9.17) is 9.15 Å². The number of aromatic nitrogens is 1. The van der Waals surface area contributed by atoms with Crippen LogP contribution in [-0.4, -0.2) is 66.1 Å². The van der Waals surface area contributed by atoms with E-state index < -0.39 is 23.5 Å². The fourth-order valence-electron chi connectivity index (χ4n) is 3.73. The smallest absolute Gasteiger partial charge is 0.290 e. The van der Waals surface area contributed by atoms with Crippen LogP contribution in [0.1, 0.15) is 22.2 Å². The number of nitrogens with zero attached hydrogens (tertiary/aromatic N) is 2. The molecule has 8 nitrogen and oxygen atoms in total. The number of hydrogen-bond donors (Lipinski definition) is 2. The summed E-state index contributed by atoms with van der Waals surface area (Å²) >= 11 is 0. The minimum absolute atomic E-state index is 0.0323. The van der Waals surface area contributed by atoms with Gasteiger partial charge in [0.1, 0.15) is 13.1 Å². The molecule has 8 heteroatoms. The molecule has 4 heterocycles. The molecule has 0 radical (unpaired) electrons. The number of rotatable bonds is 6. The number of hydrogen-bond acceptors (Lipinski definition) is 6. The Morgan fingerprint density at radius 2 is 2.11 bits per heavy atom. The van der Waals surface area contributed by atoms with E-state index in [-0.39, 0.29) is 11.3 Å². The lowest BCUT2D eigenvalue weighted by Gasteiger charge is -2.29. The van der Waals surface area contributed by atoms with Gasteiger partial charge >= 0.3 is 0 Å². The third kappa shape index (κ3) is 3.44. The molecule has 1 saturated heterocycles. The van der Waals surface area contributed by atoms with Gasteiger partial charge in [-0.3, -0.25) is 14.6 Å². The monoisotopic (exact) mass is 384 g/mol. The highest BCUT2D eigenvalue weighted by Crippen LogP contribution is 2.38. The summed E-state index contributed by atoms with van der Waals surface area (Å²) in [5.41, 5.74) is 0.705. The van der Waals surface area contributed by atoms with Crippen molar-refractivity contribution in [3.05, 3.63) is 65.6 Å². The lowest BCUT2D eigenvalue weighted by Crippen LogP contribution is -3.14. The van der Waals surface area contributed by atoms with Gasteiger partial charge in [-0.25, -0.2) is 0 Å². The van der Waals surface area contributed by atoms with Crippen molar-refractivity contribution in [1.82, 2.24) is 9.88 Å². The minimum atomic E-state index is -0.695. The summed E-state index contributed by atoms with van der Waals surface area (Å²) in [5, 5.41) is 10.5. The molecule has 0 unspecified atom stereocenters. The van der Waals surface area contributed by atoms with Crippen molar-refractivity contribution < 1.29 is 28.7 Å². The van der Waals surface area contributed by atoms with Gasteiger partial charge in [-0.2, -0.15) is 0 Å². The van der Waals surface area contributed by atoms with Crippen LogP contribution in [0.15, 0.2) is 58.7 Å². The third-order valence-corrected chi connectivity index (χ3v) is 5.20. The van der Waals surface area contributed by atoms with Gasteiger partial charge < -0.3 is 24.1 Å². The number of carbonyl (C=O) groups is 2. The van der Waals surface area contributed by atoms with Crippen molar-refractivity contribution >= 4 is 11.7 Å². The second kappa shape index (κ2) is 7.95. The molecule has 2 aromatic heterocycles. The van der Waals surface area contributed by atoms with Gasteiger partial charge in [0.25, 0.3) is 5.91 Å². The highest BCUT2D eigenvalue weighted by Gasteiger charge is 2.44. The van der Waals surface area contributed by atoms with Crippen LogP contribution in [-0.2, 0) is 9.53 Å². The number of ether oxygens (including phenoxy) is 1. The number of amides is 1. The summed E-state index contributed by atoms with van der Waals surface area (Å²) in [6, 6.07) is 5.97. The zero-order chi connectivity index (χ0) is 19.5. The summed E-state index contributed by atoms with van der Waals surface area (Å²) in [6.45, 7) is 4.25. The van der Waals surface area contributed by atoms with Gasteiger partial charge in [0.05, 0.1) is 44.2 Å². The number of morpholine rings is 1. The Bertz CT molecular complexity index is 873. The summed E-state index contributed by atoms with van der Waals surface area (Å²) in [7, 11) is 0. The van der Waals surface area contributed by atoms with Crippen molar-refractivity contribution in [2.75, 3.05) is 39.4 Å². The van der Waals surface area contributed by atoms with E-state index in [0.717, 1.165) is 13.1 Å². The summed E-state index contributed by atoms with van der Waals surface area (Å²) in [5.74, 6) is -1.47. The first-order valence-corrected chi connectivity index (χ1v) is 9.30. The number of carbonyl (C=O) groups excluding carboxylic acids is 2. The van der Waals surface area contributed by atoms with Crippen LogP contribution >= 0.6 is 0 Å². The van der Waals surface area contributed by atoms with E-state index in [9.17, 15) is 14.7 Å². The van der Waals surface area contributed by atoms with Crippen molar-refractivity contribution in [3.63, 3.8) is 0 Å². The molecule has 2 aliphatic heterocycles. The maximum absolute atomic E-state index is 13.0. The SMILES string of the molecule is O=C(C1=C(O)C(=O)N(CC[NH+]2CCOCC2)[C@H]1c1cccnc1)c1ccco1. The van der Waals surface area contributed by atoms with Crippen LogP contribution in [0, 0.1) is 0 Å². The first-order valence-electron chi connectivity index (χ1n) is 9.30. The Hall–Kier alpha value is -2.97. The topological polar surface area (TPSA) is 97.3 Å². The number of aliphatic hydroxyl groups is 1. The Labute approximate surface area is 162 Å². The standard InChI is InChI=1S/C20H21N3O5/c24-18(15-4-2-10-28-15)16-17(14-3-1-5-21-13-14)23(20(26)19(16)25)7-6-22-8-11-27-12-9-22/h1-5,10,13,17,25H,6-9,11-12H2/p+1/t17-/m0/s1. The number of ketones is 1. The Balaban J connectivity index is 1.64. The molecule has 2 aromatic rings. The third-order valence-electron chi connectivity index (χ3n) is 5.20. The van der Waals surface area contributed by atoms with E-state index >= 15 is 0 Å². The first-order chi connectivity index (χ1) is 13.7. The van der Waals surface area contributed by atoms with Crippen molar-refractivity contribution in [2.45, 2.75) is 6.04 Å².